The van der Waals surface area contributed by atoms with E-state index < -0.39 is 10.0 Å². The molecule has 0 bridgehead atoms. The molecule has 5 nitrogen and oxygen atoms in total. The maximum absolute atomic E-state index is 12.9. The summed E-state index contributed by atoms with van der Waals surface area (Å²) in [7, 11) is -3.64. The lowest BCUT2D eigenvalue weighted by Gasteiger charge is -2.32. The molecule has 0 spiro atoms. The van der Waals surface area contributed by atoms with Crippen LogP contribution in [-0.4, -0.2) is 31.7 Å². The summed E-state index contributed by atoms with van der Waals surface area (Å²) in [5.41, 5.74) is 3.35. The van der Waals surface area contributed by atoms with Gasteiger partial charge in [-0.15, -0.1) is 0 Å². The monoisotopic (exact) mass is 434 g/mol. The molecule has 0 unspecified atom stereocenters. The first kappa shape index (κ1) is 21.8. The summed E-state index contributed by atoms with van der Waals surface area (Å²) in [4.78, 5) is 13.1. The van der Waals surface area contributed by atoms with Gasteiger partial charge in [0.25, 0.3) is 0 Å². The second kappa shape index (κ2) is 8.86. The van der Waals surface area contributed by atoms with Crippen LogP contribution < -0.4 is 5.32 Å². The third-order valence-electron chi connectivity index (χ3n) is 5.47. The molecule has 29 heavy (non-hydrogen) atoms. The Bertz CT molecular complexity index is 990. The van der Waals surface area contributed by atoms with Crippen LogP contribution in [0.2, 0.25) is 5.02 Å². The molecule has 1 amide bonds. The summed E-state index contributed by atoms with van der Waals surface area (Å²) in [6, 6.07) is 12.2. The maximum atomic E-state index is 12.9. The second-order valence-corrected chi connectivity index (χ2v) is 10.1. The van der Waals surface area contributed by atoms with Crippen molar-refractivity contribution in [3.8, 4) is 0 Å². The molecule has 1 aliphatic rings. The Morgan fingerprint density at radius 3 is 2.55 bits per heavy atom. The number of nitrogens with zero attached hydrogens (tertiary/aromatic N) is 1. The number of hydrogen-bond acceptors (Lipinski definition) is 3. The highest BCUT2D eigenvalue weighted by Crippen LogP contribution is 2.26. The first-order valence-corrected chi connectivity index (χ1v) is 11.6. The standard InChI is InChI=1S/C22H27ClN2O3S/c1-15-6-7-16(2)21(13-15)17(3)24-22(26)18-5-4-12-25(14-18)29(27,28)20-10-8-19(23)9-11-20/h6-11,13,17-18H,4-5,12,14H2,1-3H3,(H,24,26)/t17-,18+/m0/s1. The first-order chi connectivity index (χ1) is 13.7. The molecule has 1 heterocycles. The van der Waals surface area contributed by atoms with Crippen LogP contribution in [-0.2, 0) is 14.8 Å². The fourth-order valence-electron chi connectivity index (χ4n) is 3.77. The van der Waals surface area contributed by atoms with Gasteiger partial charge < -0.3 is 5.32 Å². The lowest BCUT2D eigenvalue weighted by atomic mass is 9.96. The quantitative estimate of drug-likeness (QED) is 0.765. The van der Waals surface area contributed by atoms with E-state index in [4.69, 9.17) is 11.6 Å². The molecule has 2 aromatic rings. The lowest BCUT2D eigenvalue weighted by molar-refractivity contribution is -0.126. The summed E-state index contributed by atoms with van der Waals surface area (Å²) >= 11 is 5.87. The number of hydrogen-bond donors (Lipinski definition) is 1. The van der Waals surface area contributed by atoms with Gasteiger partial charge in [0, 0.05) is 18.1 Å². The number of aryl methyl sites for hydroxylation is 2. The Morgan fingerprint density at radius 2 is 1.86 bits per heavy atom. The van der Waals surface area contributed by atoms with E-state index in [0.717, 1.165) is 16.7 Å². The summed E-state index contributed by atoms with van der Waals surface area (Å²) in [5.74, 6) is -0.465. The molecule has 1 fully saturated rings. The van der Waals surface area contributed by atoms with E-state index in [0.29, 0.717) is 24.4 Å². The van der Waals surface area contributed by atoms with E-state index in [-0.39, 0.29) is 29.3 Å². The van der Waals surface area contributed by atoms with Gasteiger partial charge in [-0.2, -0.15) is 4.31 Å². The van der Waals surface area contributed by atoms with Crippen molar-refractivity contribution in [2.24, 2.45) is 5.92 Å². The van der Waals surface area contributed by atoms with Gasteiger partial charge in [-0.1, -0.05) is 35.4 Å². The number of halogens is 1. The zero-order chi connectivity index (χ0) is 21.2. The van der Waals surface area contributed by atoms with Gasteiger partial charge in [0.05, 0.1) is 16.9 Å². The predicted octanol–water partition coefficient (Wildman–Crippen LogP) is 4.23. The number of nitrogens with one attached hydrogen (secondary N) is 1. The normalized spacial score (nSPS) is 19.0. The molecule has 1 saturated heterocycles. The average molecular weight is 435 g/mol. The largest absolute Gasteiger partial charge is 0.349 e. The molecule has 156 valence electrons. The number of rotatable bonds is 5. The van der Waals surface area contributed by atoms with Crippen molar-refractivity contribution in [3.63, 3.8) is 0 Å². The molecule has 7 heteroatoms. The minimum atomic E-state index is -3.64. The van der Waals surface area contributed by atoms with E-state index in [1.54, 1.807) is 12.1 Å². The van der Waals surface area contributed by atoms with Crippen LogP contribution in [0.15, 0.2) is 47.4 Å². The van der Waals surface area contributed by atoms with Gasteiger partial charge >= 0.3 is 0 Å². The smallest absolute Gasteiger partial charge is 0.243 e. The van der Waals surface area contributed by atoms with E-state index in [1.807, 2.05) is 32.9 Å². The molecule has 0 saturated carbocycles. The third kappa shape index (κ3) is 5.00. The summed E-state index contributed by atoms with van der Waals surface area (Å²) < 4.78 is 27.3. The van der Waals surface area contributed by atoms with Crippen LogP contribution in [0.5, 0.6) is 0 Å². The maximum Gasteiger partial charge on any atom is 0.243 e. The highest BCUT2D eigenvalue weighted by molar-refractivity contribution is 7.89. The minimum absolute atomic E-state index is 0.102. The first-order valence-electron chi connectivity index (χ1n) is 9.81. The minimum Gasteiger partial charge on any atom is -0.349 e. The molecule has 2 atom stereocenters. The molecule has 3 rings (SSSR count). The van der Waals surface area contributed by atoms with Gasteiger partial charge in [0.15, 0.2) is 0 Å². The Hall–Kier alpha value is -1.89. The van der Waals surface area contributed by atoms with Crippen LogP contribution in [0.25, 0.3) is 0 Å². The zero-order valence-electron chi connectivity index (χ0n) is 17.0. The van der Waals surface area contributed by atoms with Crippen molar-refractivity contribution >= 4 is 27.5 Å². The number of carbonyl (C=O) groups excluding carboxylic acids is 1. The van der Waals surface area contributed by atoms with Crippen molar-refractivity contribution in [2.45, 2.75) is 44.6 Å². The van der Waals surface area contributed by atoms with E-state index >= 15 is 0 Å². The van der Waals surface area contributed by atoms with E-state index in [1.165, 1.54) is 16.4 Å². The van der Waals surface area contributed by atoms with Crippen LogP contribution in [0.1, 0.15) is 42.5 Å². The predicted molar refractivity (Wildman–Crippen MR) is 115 cm³/mol. The van der Waals surface area contributed by atoms with E-state index in [9.17, 15) is 13.2 Å². The van der Waals surface area contributed by atoms with Crippen molar-refractivity contribution in [1.82, 2.24) is 9.62 Å². The Morgan fingerprint density at radius 1 is 1.17 bits per heavy atom. The van der Waals surface area contributed by atoms with Gasteiger partial charge in [0.1, 0.15) is 0 Å². The molecular formula is C22H27ClN2O3S. The number of carbonyl (C=O) groups is 1. The second-order valence-electron chi connectivity index (χ2n) is 7.75. The van der Waals surface area contributed by atoms with Crippen molar-refractivity contribution in [3.05, 3.63) is 64.2 Å². The summed E-state index contributed by atoms with van der Waals surface area (Å²) in [5, 5.41) is 3.56. The zero-order valence-corrected chi connectivity index (χ0v) is 18.6. The van der Waals surface area contributed by atoms with Gasteiger partial charge in [-0.3, -0.25) is 4.79 Å². The van der Waals surface area contributed by atoms with Crippen molar-refractivity contribution < 1.29 is 13.2 Å². The molecule has 0 aliphatic carbocycles. The number of sulfonamides is 1. The molecule has 2 aromatic carbocycles. The van der Waals surface area contributed by atoms with Gasteiger partial charge in [-0.05, 0) is 69.0 Å². The van der Waals surface area contributed by atoms with Crippen LogP contribution in [0.3, 0.4) is 0 Å². The molecule has 0 aromatic heterocycles. The van der Waals surface area contributed by atoms with Crippen LogP contribution in [0, 0.1) is 19.8 Å². The highest BCUT2D eigenvalue weighted by Gasteiger charge is 2.33. The summed E-state index contributed by atoms with van der Waals surface area (Å²) in [6.07, 6.45) is 1.33. The fourth-order valence-corrected chi connectivity index (χ4v) is 5.42. The Balaban J connectivity index is 1.70. The SMILES string of the molecule is Cc1ccc(C)c([C@H](C)NC(=O)[C@@H]2CCCN(S(=O)(=O)c3ccc(Cl)cc3)C2)c1. The van der Waals surface area contributed by atoms with Crippen LogP contribution in [0.4, 0.5) is 0 Å². The molecular weight excluding hydrogens is 408 g/mol. The highest BCUT2D eigenvalue weighted by atomic mass is 35.5. The molecule has 1 N–H and O–H groups in total. The number of amides is 1. The van der Waals surface area contributed by atoms with E-state index in [2.05, 4.69) is 11.4 Å². The number of piperidine rings is 1. The lowest BCUT2D eigenvalue weighted by Crippen LogP contribution is -2.45. The Kier molecular flexibility index (Phi) is 6.66. The molecule has 0 radical (unpaired) electrons. The average Bonchev–Trinajstić information content (AvgIpc) is 2.70. The number of benzene rings is 2. The van der Waals surface area contributed by atoms with Crippen molar-refractivity contribution in [1.29, 1.82) is 0 Å². The van der Waals surface area contributed by atoms with Gasteiger partial charge in [0.2, 0.25) is 15.9 Å². The molecule has 1 aliphatic heterocycles. The summed E-state index contributed by atoms with van der Waals surface area (Å²) in [6.45, 7) is 6.62. The van der Waals surface area contributed by atoms with Crippen molar-refractivity contribution in [2.75, 3.05) is 13.1 Å². The Labute approximate surface area is 178 Å². The van der Waals surface area contributed by atoms with Crippen LogP contribution >= 0.6 is 11.6 Å². The topological polar surface area (TPSA) is 66.5 Å². The van der Waals surface area contributed by atoms with Gasteiger partial charge in [-0.25, -0.2) is 8.42 Å². The third-order valence-corrected chi connectivity index (χ3v) is 7.60. The fraction of sp³-hybridized carbons (Fsp3) is 0.409.